The van der Waals surface area contributed by atoms with E-state index in [4.69, 9.17) is 0 Å². The molecule has 0 aromatic carbocycles. The number of hydrogen-bond acceptors (Lipinski definition) is 4. The van der Waals surface area contributed by atoms with E-state index in [0.29, 0.717) is 6.42 Å². The van der Waals surface area contributed by atoms with Crippen LogP contribution in [-0.2, 0) is 0 Å². The van der Waals surface area contributed by atoms with Gasteiger partial charge in [-0.25, -0.2) is 0 Å². The van der Waals surface area contributed by atoms with Crippen LogP contribution < -0.4 is 5.32 Å². The molecule has 0 saturated heterocycles. The molecule has 0 spiro atoms. The molecule has 0 saturated carbocycles. The van der Waals surface area contributed by atoms with Gasteiger partial charge in [0.1, 0.15) is 0 Å². The van der Waals surface area contributed by atoms with Crippen LogP contribution in [0, 0.1) is 0 Å². The largest absolute Gasteiger partial charge is 0.394 e. The first-order chi connectivity index (χ1) is 7.67. The van der Waals surface area contributed by atoms with E-state index in [1.807, 2.05) is 26.0 Å². The lowest BCUT2D eigenvalue weighted by atomic mass is 9.96. The zero-order chi connectivity index (χ0) is 12.0. The van der Waals surface area contributed by atoms with Crippen LogP contribution in [0.4, 0.5) is 0 Å². The third-order valence-electron chi connectivity index (χ3n) is 3.01. The van der Waals surface area contributed by atoms with Crippen molar-refractivity contribution in [2.45, 2.75) is 31.8 Å². The number of aromatic nitrogens is 1. The van der Waals surface area contributed by atoms with Crippen molar-refractivity contribution in [3.8, 4) is 0 Å². The fraction of sp³-hybridized carbons (Fsp3) is 0.583. The molecular formula is C12H20N2O2. The highest BCUT2D eigenvalue weighted by atomic mass is 16.3. The fourth-order valence-electron chi connectivity index (χ4n) is 1.66. The lowest BCUT2D eigenvalue weighted by molar-refractivity contribution is 0.0793. The van der Waals surface area contributed by atoms with Crippen molar-refractivity contribution in [3.05, 3.63) is 30.1 Å². The Bertz CT molecular complexity index is 291. The first-order valence-electron chi connectivity index (χ1n) is 5.57. The predicted octanol–water partition coefficient (Wildman–Crippen LogP) is 0.866. The predicted molar refractivity (Wildman–Crippen MR) is 63.0 cm³/mol. The van der Waals surface area contributed by atoms with Crippen LogP contribution >= 0.6 is 0 Å². The van der Waals surface area contributed by atoms with Crippen LogP contribution in [0.2, 0.25) is 0 Å². The van der Waals surface area contributed by atoms with Crippen molar-refractivity contribution in [1.29, 1.82) is 0 Å². The van der Waals surface area contributed by atoms with E-state index in [1.54, 1.807) is 12.4 Å². The van der Waals surface area contributed by atoms with Crippen molar-refractivity contribution in [2.75, 3.05) is 13.2 Å². The Hall–Kier alpha value is -0.970. The van der Waals surface area contributed by atoms with Gasteiger partial charge in [-0.15, -0.1) is 0 Å². The molecular weight excluding hydrogens is 204 g/mol. The molecule has 0 radical (unpaired) electrons. The molecule has 4 nitrogen and oxygen atoms in total. The van der Waals surface area contributed by atoms with Crippen LogP contribution in [0.1, 0.15) is 31.9 Å². The second kappa shape index (κ2) is 5.94. The maximum atomic E-state index is 9.34. The highest BCUT2D eigenvalue weighted by Gasteiger charge is 2.28. The molecule has 1 heterocycles. The first-order valence-corrected chi connectivity index (χ1v) is 5.57. The number of hydrogen-bond donors (Lipinski definition) is 3. The molecule has 0 fully saturated rings. The van der Waals surface area contributed by atoms with Gasteiger partial charge in [0.2, 0.25) is 0 Å². The summed E-state index contributed by atoms with van der Waals surface area (Å²) in [5.41, 5.74) is 0.484. The minimum Gasteiger partial charge on any atom is -0.394 e. The number of aliphatic hydroxyl groups excluding tert-OH is 2. The lowest BCUT2D eigenvalue weighted by Crippen LogP contribution is -2.52. The molecule has 1 rings (SSSR count). The maximum absolute atomic E-state index is 9.34. The molecule has 0 aliphatic carbocycles. The molecule has 3 N–H and O–H groups in total. The average Bonchev–Trinajstić information content (AvgIpc) is 2.37. The van der Waals surface area contributed by atoms with E-state index in [9.17, 15) is 10.2 Å². The van der Waals surface area contributed by atoms with Gasteiger partial charge in [0.05, 0.1) is 18.8 Å². The summed E-state index contributed by atoms with van der Waals surface area (Å²) in [4.78, 5) is 3.96. The van der Waals surface area contributed by atoms with Crippen molar-refractivity contribution >= 4 is 0 Å². The molecule has 1 aromatic rings. The SMILES string of the molecule is CCC(CO)(CO)NC(C)c1ccncc1. The molecule has 0 bridgehead atoms. The highest BCUT2D eigenvalue weighted by Crippen LogP contribution is 2.17. The van der Waals surface area contributed by atoms with Gasteiger partial charge in [0.15, 0.2) is 0 Å². The van der Waals surface area contributed by atoms with Gasteiger partial charge < -0.3 is 15.5 Å². The third kappa shape index (κ3) is 3.01. The van der Waals surface area contributed by atoms with Gasteiger partial charge >= 0.3 is 0 Å². The summed E-state index contributed by atoms with van der Waals surface area (Å²) in [5.74, 6) is 0. The van der Waals surface area contributed by atoms with Gasteiger partial charge in [-0.3, -0.25) is 4.98 Å². The van der Waals surface area contributed by atoms with Crippen LogP contribution in [0.5, 0.6) is 0 Å². The van der Waals surface area contributed by atoms with E-state index in [2.05, 4.69) is 10.3 Å². The second-order valence-electron chi connectivity index (χ2n) is 4.10. The van der Waals surface area contributed by atoms with E-state index in [1.165, 1.54) is 0 Å². The highest BCUT2D eigenvalue weighted by molar-refractivity contribution is 5.15. The maximum Gasteiger partial charge on any atom is 0.0650 e. The Balaban J connectivity index is 2.73. The van der Waals surface area contributed by atoms with E-state index >= 15 is 0 Å². The van der Waals surface area contributed by atoms with Crippen LogP contribution in [-0.4, -0.2) is 33.9 Å². The van der Waals surface area contributed by atoms with Gasteiger partial charge in [0.25, 0.3) is 0 Å². The minimum absolute atomic E-state index is 0.0715. The summed E-state index contributed by atoms with van der Waals surface area (Å²) in [6.45, 7) is 3.80. The summed E-state index contributed by atoms with van der Waals surface area (Å²) in [7, 11) is 0. The Morgan fingerprint density at radius 2 is 1.88 bits per heavy atom. The van der Waals surface area contributed by atoms with Gasteiger partial charge in [-0.2, -0.15) is 0 Å². The Morgan fingerprint density at radius 1 is 1.31 bits per heavy atom. The molecule has 1 atom stereocenters. The van der Waals surface area contributed by atoms with Gasteiger partial charge in [-0.05, 0) is 31.0 Å². The number of pyridine rings is 1. The summed E-state index contributed by atoms with van der Waals surface area (Å²) in [6, 6.07) is 3.92. The smallest absolute Gasteiger partial charge is 0.0650 e. The lowest BCUT2D eigenvalue weighted by Gasteiger charge is -2.33. The molecule has 90 valence electrons. The van der Waals surface area contributed by atoms with E-state index in [-0.39, 0.29) is 19.3 Å². The molecule has 0 aliphatic rings. The van der Waals surface area contributed by atoms with E-state index in [0.717, 1.165) is 5.56 Å². The molecule has 16 heavy (non-hydrogen) atoms. The van der Waals surface area contributed by atoms with Crippen molar-refractivity contribution < 1.29 is 10.2 Å². The second-order valence-corrected chi connectivity index (χ2v) is 4.10. The summed E-state index contributed by atoms with van der Waals surface area (Å²) in [5, 5.41) is 21.9. The third-order valence-corrected chi connectivity index (χ3v) is 3.01. The number of aliphatic hydroxyl groups is 2. The average molecular weight is 224 g/mol. The van der Waals surface area contributed by atoms with Gasteiger partial charge in [0, 0.05) is 18.4 Å². The standard InChI is InChI=1S/C12H20N2O2/c1-3-12(8-15,9-16)14-10(2)11-4-6-13-7-5-11/h4-7,10,14-16H,3,8-9H2,1-2H3. The van der Waals surface area contributed by atoms with E-state index < -0.39 is 5.54 Å². The quantitative estimate of drug-likeness (QED) is 0.670. The van der Waals surface area contributed by atoms with Crippen LogP contribution in [0.3, 0.4) is 0 Å². The molecule has 0 amide bonds. The van der Waals surface area contributed by atoms with Crippen molar-refractivity contribution in [2.24, 2.45) is 0 Å². The first kappa shape index (κ1) is 13.1. The zero-order valence-corrected chi connectivity index (χ0v) is 9.85. The van der Waals surface area contributed by atoms with Crippen LogP contribution in [0.25, 0.3) is 0 Å². The molecule has 0 aliphatic heterocycles. The summed E-state index contributed by atoms with van der Waals surface area (Å²) < 4.78 is 0. The number of nitrogens with one attached hydrogen (secondary N) is 1. The number of nitrogens with zero attached hydrogens (tertiary/aromatic N) is 1. The fourth-order valence-corrected chi connectivity index (χ4v) is 1.66. The minimum atomic E-state index is -0.608. The summed E-state index contributed by atoms with van der Waals surface area (Å²) in [6.07, 6.45) is 4.15. The molecule has 4 heteroatoms. The molecule has 1 unspecified atom stereocenters. The Morgan fingerprint density at radius 3 is 2.31 bits per heavy atom. The van der Waals surface area contributed by atoms with Crippen molar-refractivity contribution in [3.63, 3.8) is 0 Å². The zero-order valence-electron chi connectivity index (χ0n) is 9.85. The Kier molecular flexibility index (Phi) is 4.86. The summed E-state index contributed by atoms with van der Waals surface area (Å²) >= 11 is 0. The normalized spacial score (nSPS) is 13.8. The Labute approximate surface area is 96.3 Å². The van der Waals surface area contributed by atoms with Crippen LogP contribution in [0.15, 0.2) is 24.5 Å². The topological polar surface area (TPSA) is 65.4 Å². The molecule has 1 aromatic heterocycles. The monoisotopic (exact) mass is 224 g/mol. The number of rotatable bonds is 6. The van der Waals surface area contributed by atoms with Crippen molar-refractivity contribution in [1.82, 2.24) is 10.3 Å². The van der Waals surface area contributed by atoms with Gasteiger partial charge in [-0.1, -0.05) is 6.92 Å².